The Morgan fingerprint density at radius 2 is 1.74 bits per heavy atom. The van der Waals surface area contributed by atoms with Crippen LogP contribution >= 0.6 is 0 Å². The van der Waals surface area contributed by atoms with Gasteiger partial charge in [-0.25, -0.2) is 0 Å². The van der Waals surface area contributed by atoms with Crippen LogP contribution < -0.4 is 10.6 Å². The van der Waals surface area contributed by atoms with Crippen LogP contribution in [0, 0.1) is 0 Å². The molecule has 2 aromatic carbocycles. The summed E-state index contributed by atoms with van der Waals surface area (Å²) in [4.78, 5) is 14.0. The molecule has 0 atom stereocenters. The summed E-state index contributed by atoms with van der Waals surface area (Å²) in [6, 6.07) is 15.8. The van der Waals surface area contributed by atoms with Gasteiger partial charge in [-0.05, 0) is 35.7 Å². The molecular weight excluding hydrogens is 236 g/mol. The van der Waals surface area contributed by atoms with Crippen LogP contribution in [0.1, 0.15) is 17.5 Å². The van der Waals surface area contributed by atoms with Crippen LogP contribution in [-0.2, 0) is 17.8 Å². The maximum atomic E-state index is 12.1. The molecule has 3 rings (SSSR count). The molecule has 0 radical (unpaired) electrons. The molecule has 1 aliphatic rings. The van der Waals surface area contributed by atoms with E-state index in [-0.39, 0.29) is 5.91 Å². The van der Waals surface area contributed by atoms with Crippen molar-refractivity contribution < 1.29 is 4.79 Å². The molecule has 2 aromatic rings. The zero-order chi connectivity index (χ0) is 13.2. The summed E-state index contributed by atoms with van der Waals surface area (Å²) in [5.74, 6) is 0.190. The second kappa shape index (κ2) is 4.76. The van der Waals surface area contributed by atoms with E-state index in [1.165, 1.54) is 5.56 Å². The summed E-state index contributed by atoms with van der Waals surface area (Å²) < 4.78 is 0. The highest BCUT2D eigenvalue weighted by Gasteiger charge is 2.23. The summed E-state index contributed by atoms with van der Waals surface area (Å²) in [7, 11) is 0. The van der Waals surface area contributed by atoms with E-state index in [9.17, 15) is 4.79 Å². The Bertz CT molecular complexity index is 604. The molecule has 1 heterocycles. The Morgan fingerprint density at radius 3 is 2.53 bits per heavy atom. The van der Waals surface area contributed by atoms with Crippen LogP contribution in [0.4, 0.5) is 11.4 Å². The number of para-hydroxylation sites is 1. The third-order valence-corrected chi connectivity index (χ3v) is 3.51. The van der Waals surface area contributed by atoms with E-state index < -0.39 is 0 Å². The fourth-order valence-electron chi connectivity index (χ4n) is 2.48. The number of benzene rings is 2. The number of rotatable bonds is 2. The molecule has 0 saturated heterocycles. The molecule has 1 amide bonds. The monoisotopic (exact) mass is 252 g/mol. The van der Waals surface area contributed by atoms with Crippen molar-refractivity contribution in [2.75, 3.05) is 10.6 Å². The van der Waals surface area contributed by atoms with Crippen molar-refractivity contribution in [1.29, 1.82) is 0 Å². The fourth-order valence-corrected chi connectivity index (χ4v) is 2.48. The molecule has 3 nitrogen and oxygen atoms in total. The first-order chi connectivity index (χ1) is 9.24. The minimum Gasteiger partial charge on any atom is -0.399 e. The highest BCUT2D eigenvalue weighted by Crippen LogP contribution is 2.28. The Morgan fingerprint density at radius 1 is 1.00 bits per heavy atom. The molecule has 0 saturated carbocycles. The standard InChI is InChI=1S/C16H16N2O/c17-14-8-5-12(6-9-14)11-18-15-4-2-1-3-13(15)7-10-16(18)19/h1-6,8-9H,7,10-11,17H2. The highest BCUT2D eigenvalue weighted by molar-refractivity contribution is 5.96. The molecular formula is C16H16N2O. The Kier molecular flexibility index (Phi) is 2.95. The summed E-state index contributed by atoms with van der Waals surface area (Å²) >= 11 is 0. The van der Waals surface area contributed by atoms with Crippen LogP contribution in [0.3, 0.4) is 0 Å². The Hall–Kier alpha value is -2.29. The van der Waals surface area contributed by atoms with Crippen molar-refractivity contribution >= 4 is 17.3 Å². The number of nitrogen functional groups attached to an aromatic ring is 1. The minimum atomic E-state index is 0.190. The summed E-state index contributed by atoms with van der Waals surface area (Å²) in [6.45, 7) is 0.607. The zero-order valence-corrected chi connectivity index (χ0v) is 10.7. The molecule has 3 heteroatoms. The first kappa shape index (κ1) is 11.8. The minimum absolute atomic E-state index is 0.190. The van der Waals surface area contributed by atoms with Crippen molar-refractivity contribution in [3.63, 3.8) is 0 Å². The number of carbonyl (C=O) groups is 1. The van der Waals surface area contributed by atoms with Gasteiger partial charge in [0, 0.05) is 17.8 Å². The quantitative estimate of drug-likeness (QED) is 0.835. The van der Waals surface area contributed by atoms with Gasteiger partial charge >= 0.3 is 0 Å². The van der Waals surface area contributed by atoms with Gasteiger partial charge in [0.05, 0.1) is 6.54 Å². The first-order valence-electron chi connectivity index (χ1n) is 6.47. The van der Waals surface area contributed by atoms with E-state index >= 15 is 0 Å². The summed E-state index contributed by atoms with van der Waals surface area (Å²) in [6.07, 6.45) is 1.43. The van der Waals surface area contributed by atoms with E-state index in [1.807, 2.05) is 47.4 Å². The lowest BCUT2D eigenvalue weighted by molar-refractivity contribution is -0.119. The Labute approximate surface area is 112 Å². The molecule has 0 bridgehead atoms. The average molecular weight is 252 g/mol. The maximum absolute atomic E-state index is 12.1. The molecule has 0 aromatic heterocycles. The molecule has 0 aliphatic carbocycles. The zero-order valence-electron chi connectivity index (χ0n) is 10.7. The fraction of sp³-hybridized carbons (Fsp3) is 0.188. The number of fused-ring (bicyclic) bond motifs is 1. The second-order valence-electron chi connectivity index (χ2n) is 4.85. The van der Waals surface area contributed by atoms with E-state index in [0.29, 0.717) is 13.0 Å². The van der Waals surface area contributed by atoms with Gasteiger partial charge in [0.15, 0.2) is 0 Å². The number of carbonyl (C=O) groups excluding carboxylic acids is 1. The number of amides is 1. The van der Waals surface area contributed by atoms with Gasteiger partial charge in [-0.1, -0.05) is 30.3 Å². The molecule has 0 unspecified atom stereocenters. The van der Waals surface area contributed by atoms with Crippen molar-refractivity contribution in [2.24, 2.45) is 0 Å². The van der Waals surface area contributed by atoms with Crippen LogP contribution in [0.5, 0.6) is 0 Å². The predicted octanol–water partition coefficient (Wildman–Crippen LogP) is 2.75. The van der Waals surface area contributed by atoms with Crippen molar-refractivity contribution in [2.45, 2.75) is 19.4 Å². The Balaban J connectivity index is 1.91. The SMILES string of the molecule is Nc1ccc(CN2C(=O)CCc3ccccc32)cc1. The van der Waals surface area contributed by atoms with Crippen LogP contribution in [0.15, 0.2) is 48.5 Å². The molecule has 0 fully saturated rings. The van der Waals surface area contributed by atoms with Gasteiger partial charge in [-0.2, -0.15) is 0 Å². The lowest BCUT2D eigenvalue weighted by atomic mass is 10.0. The van der Waals surface area contributed by atoms with Gasteiger partial charge in [0.25, 0.3) is 0 Å². The van der Waals surface area contributed by atoms with Gasteiger partial charge in [-0.3, -0.25) is 4.79 Å². The topological polar surface area (TPSA) is 46.3 Å². The van der Waals surface area contributed by atoms with Gasteiger partial charge in [0.1, 0.15) is 0 Å². The predicted molar refractivity (Wildman–Crippen MR) is 76.8 cm³/mol. The first-order valence-corrected chi connectivity index (χ1v) is 6.47. The van der Waals surface area contributed by atoms with Gasteiger partial charge in [0.2, 0.25) is 5.91 Å². The van der Waals surface area contributed by atoms with Gasteiger partial charge in [-0.15, -0.1) is 0 Å². The number of anilines is 2. The summed E-state index contributed by atoms with van der Waals surface area (Å²) in [5, 5.41) is 0. The number of hydrogen-bond acceptors (Lipinski definition) is 2. The second-order valence-corrected chi connectivity index (χ2v) is 4.85. The number of aryl methyl sites for hydroxylation is 1. The normalized spacial score (nSPS) is 14.3. The number of hydrogen-bond donors (Lipinski definition) is 1. The van der Waals surface area contributed by atoms with Crippen LogP contribution in [-0.4, -0.2) is 5.91 Å². The molecule has 96 valence electrons. The molecule has 2 N–H and O–H groups in total. The molecule has 0 spiro atoms. The molecule has 19 heavy (non-hydrogen) atoms. The van der Waals surface area contributed by atoms with Crippen molar-refractivity contribution in [3.05, 3.63) is 59.7 Å². The van der Waals surface area contributed by atoms with Crippen molar-refractivity contribution in [1.82, 2.24) is 0 Å². The van der Waals surface area contributed by atoms with Crippen molar-refractivity contribution in [3.8, 4) is 0 Å². The van der Waals surface area contributed by atoms with E-state index in [0.717, 1.165) is 23.4 Å². The van der Waals surface area contributed by atoms with Crippen LogP contribution in [0.25, 0.3) is 0 Å². The number of nitrogens with zero attached hydrogens (tertiary/aromatic N) is 1. The lowest BCUT2D eigenvalue weighted by Crippen LogP contribution is -2.34. The van der Waals surface area contributed by atoms with Crippen LogP contribution in [0.2, 0.25) is 0 Å². The summed E-state index contributed by atoms with van der Waals surface area (Å²) in [5.41, 5.74) is 9.81. The number of nitrogens with two attached hydrogens (primary N) is 1. The molecule has 1 aliphatic heterocycles. The van der Waals surface area contributed by atoms with E-state index in [2.05, 4.69) is 6.07 Å². The lowest BCUT2D eigenvalue weighted by Gasteiger charge is -2.29. The van der Waals surface area contributed by atoms with Gasteiger partial charge < -0.3 is 10.6 Å². The highest BCUT2D eigenvalue weighted by atomic mass is 16.2. The van der Waals surface area contributed by atoms with E-state index in [4.69, 9.17) is 5.73 Å². The average Bonchev–Trinajstić information content (AvgIpc) is 2.44. The third kappa shape index (κ3) is 2.32. The van der Waals surface area contributed by atoms with E-state index in [1.54, 1.807) is 0 Å². The smallest absolute Gasteiger partial charge is 0.227 e. The maximum Gasteiger partial charge on any atom is 0.227 e. The third-order valence-electron chi connectivity index (χ3n) is 3.51. The largest absolute Gasteiger partial charge is 0.399 e.